The topological polar surface area (TPSA) is 76.2 Å². The van der Waals surface area contributed by atoms with E-state index in [0.717, 1.165) is 6.42 Å². The third kappa shape index (κ3) is 1.62. The van der Waals surface area contributed by atoms with E-state index in [-0.39, 0.29) is 17.7 Å². The predicted molar refractivity (Wildman–Crippen MR) is 46.8 cm³/mol. The molecule has 1 aliphatic carbocycles. The first-order valence-electron chi connectivity index (χ1n) is 4.53. The number of carboxylic acids is 1. The molecule has 2 rings (SSSR count). The molecule has 0 spiro atoms. The second-order valence-corrected chi connectivity index (χ2v) is 4.36. The Labute approximate surface area is 81.1 Å². The van der Waals surface area contributed by atoms with E-state index in [9.17, 15) is 4.79 Å². The monoisotopic (exact) mass is 196 g/mol. The lowest BCUT2D eigenvalue weighted by Gasteiger charge is -1.95. The van der Waals surface area contributed by atoms with Crippen molar-refractivity contribution in [2.75, 3.05) is 0 Å². The average Bonchev–Trinajstić information content (AvgIpc) is 2.52. The molecule has 1 aromatic heterocycles. The number of aliphatic carboxylic acids is 1. The lowest BCUT2D eigenvalue weighted by molar-refractivity contribution is -0.136. The van der Waals surface area contributed by atoms with Gasteiger partial charge in [-0.25, -0.2) is 0 Å². The summed E-state index contributed by atoms with van der Waals surface area (Å²) >= 11 is 0. The van der Waals surface area contributed by atoms with Crippen LogP contribution in [0.4, 0.5) is 0 Å². The summed E-state index contributed by atoms with van der Waals surface area (Å²) in [4.78, 5) is 14.4. The zero-order chi connectivity index (χ0) is 10.3. The molecule has 1 aromatic rings. The molecule has 5 heteroatoms. The van der Waals surface area contributed by atoms with Crippen molar-refractivity contribution in [2.45, 2.75) is 32.6 Å². The minimum Gasteiger partial charge on any atom is -0.481 e. The van der Waals surface area contributed by atoms with Crippen molar-refractivity contribution in [3.05, 3.63) is 11.7 Å². The molecule has 5 nitrogen and oxygen atoms in total. The second-order valence-electron chi connectivity index (χ2n) is 4.36. The molecule has 0 saturated heterocycles. The van der Waals surface area contributed by atoms with Crippen molar-refractivity contribution in [1.29, 1.82) is 0 Å². The molecule has 1 N–H and O–H groups in total. The number of carboxylic acid groups (broad SMARTS) is 1. The maximum Gasteiger partial charge on any atom is 0.312 e. The van der Waals surface area contributed by atoms with Crippen molar-refractivity contribution in [2.24, 2.45) is 5.41 Å². The molecule has 76 valence electrons. The molecule has 0 aromatic carbocycles. The summed E-state index contributed by atoms with van der Waals surface area (Å²) in [6, 6.07) is 0. The third-order valence-corrected chi connectivity index (χ3v) is 2.61. The fourth-order valence-electron chi connectivity index (χ4n) is 1.52. The van der Waals surface area contributed by atoms with Crippen LogP contribution < -0.4 is 0 Å². The molecule has 1 aliphatic rings. The summed E-state index contributed by atoms with van der Waals surface area (Å²) in [6.45, 7) is 4.26. The van der Waals surface area contributed by atoms with Gasteiger partial charge < -0.3 is 9.63 Å². The first-order chi connectivity index (χ1) is 6.49. The van der Waals surface area contributed by atoms with Crippen LogP contribution in [-0.2, 0) is 11.2 Å². The molecular weight excluding hydrogens is 184 g/mol. The molecule has 0 bridgehead atoms. The van der Waals surface area contributed by atoms with Crippen LogP contribution in [0.15, 0.2) is 4.52 Å². The number of aromatic nitrogens is 2. The van der Waals surface area contributed by atoms with Crippen molar-refractivity contribution < 1.29 is 14.4 Å². The van der Waals surface area contributed by atoms with Crippen LogP contribution in [-0.4, -0.2) is 21.2 Å². The maximum absolute atomic E-state index is 10.4. The van der Waals surface area contributed by atoms with Crippen LogP contribution in [0.25, 0.3) is 0 Å². The van der Waals surface area contributed by atoms with Gasteiger partial charge in [-0.3, -0.25) is 4.79 Å². The highest BCUT2D eigenvalue weighted by molar-refractivity contribution is 5.68. The Morgan fingerprint density at radius 3 is 2.86 bits per heavy atom. The van der Waals surface area contributed by atoms with E-state index in [1.807, 2.05) is 0 Å². The van der Waals surface area contributed by atoms with Gasteiger partial charge in [0, 0.05) is 5.92 Å². The van der Waals surface area contributed by atoms with Crippen molar-refractivity contribution >= 4 is 5.97 Å². The quantitative estimate of drug-likeness (QED) is 0.786. The van der Waals surface area contributed by atoms with E-state index >= 15 is 0 Å². The molecule has 1 heterocycles. The van der Waals surface area contributed by atoms with E-state index in [1.165, 1.54) is 0 Å². The van der Waals surface area contributed by atoms with E-state index in [0.29, 0.717) is 11.7 Å². The van der Waals surface area contributed by atoms with Crippen LogP contribution in [0.5, 0.6) is 0 Å². The van der Waals surface area contributed by atoms with Gasteiger partial charge in [0.05, 0.1) is 0 Å². The van der Waals surface area contributed by atoms with Gasteiger partial charge in [0.2, 0.25) is 5.89 Å². The largest absolute Gasteiger partial charge is 0.481 e. The number of carbonyl (C=O) groups is 1. The Morgan fingerprint density at radius 1 is 1.71 bits per heavy atom. The fraction of sp³-hybridized carbons (Fsp3) is 0.667. The Kier molecular flexibility index (Phi) is 1.83. The zero-order valence-corrected chi connectivity index (χ0v) is 8.15. The minimum atomic E-state index is -0.949. The molecule has 0 amide bonds. The van der Waals surface area contributed by atoms with Gasteiger partial charge in [-0.15, -0.1) is 0 Å². The van der Waals surface area contributed by atoms with Crippen molar-refractivity contribution in [3.63, 3.8) is 0 Å². The molecule has 1 saturated carbocycles. The van der Waals surface area contributed by atoms with Crippen LogP contribution in [0.3, 0.4) is 0 Å². The number of nitrogens with zero attached hydrogens (tertiary/aromatic N) is 2. The van der Waals surface area contributed by atoms with Gasteiger partial charge in [0.15, 0.2) is 5.82 Å². The van der Waals surface area contributed by atoms with Gasteiger partial charge in [0.25, 0.3) is 0 Å². The number of hydrogen-bond acceptors (Lipinski definition) is 4. The second kappa shape index (κ2) is 2.80. The van der Waals surface area contributed by atoms with E-state index in [4.69, 9.17) is 9.63 Å². The summed E-state index contributed by atoms with van der Waals surface area (Å²) in [5, 5.41) is 12.3. The first kappa shape index (κ1) is 9.18. The normalized spacial score (nSPS) is 23.4. The highest BCUT2D eigenvalue weighted by Gasteiger charge is 2.49. The molecule has 0 radical (unpaired) electrons. The molecular formula is C9H12N2O3. The zero-order valence-electron chi connectivity index (χ0n) is 8.15. The number of hydrogen-bond donors (Lipinski definition) is 1. The Bertz CT molecular complexity index is 370. The lowest BCUT2D eigenvalue weighted by Crippen LogP contribution is -2.00. The third-order valence-electron chi connectivity index (χ3n) is 2.61. The van der Waals surface area contributed by atoms with Gasteiger partial charge in [-0.05, 0) is 11.8 Å². The smallest absolute Gasteiger partial charge is 0.312 e. The Hall–Kier alpha value is -1.39. The Morgan fingerprint density at radius 2 is 2.36 bits per heavy atom. The summed E-state index contributed by atoms with van der Waals surface area (Å²) in [5.41, 5.74) is 0.240. The lowest BCUT2D eigenvalue weighted by atomic mass is 10.1. The molecule has 1 fully saturated rings. The van der Waals surface area contributed by atoms with Crippen LogP contribution >= 0.6 is 0 Å². The summed E-state index contributed by atoms with van der Waals surface area (Å²) in [6.07, 6.45) is 0.846. The minimum absolute atomic E-state index is 0.190. The van der Waals surface area contributed by atoms with Crippen molar-refractivity contribution in [1.82, 2.24) is 10.1 Å². The standard InChI is InChI=1S/C9H12N2O3/c1-9(2)4-5(9)8-10-6(14-11-8)3-7(12)13/h5H,3-4H2,1-2H3,(H,12,13). The molecule has 1 atom stereocenters. The number of rotatable bonds is 3. The predicted octanol–water partition coefficient (Wildman–Crippen LogP) is 1.21. The van der Waals surface area contributed by atoms with Crippen molar-refractivity contribution in [3.8, 4) is 0 Å². The van der Waals surface area contributed by atoms with Crippen LogP contribution in [0, 0.1) is 5.41 Å². The summed E-state index contributed by atoms with van der Waals surface area (Å²) in [5.74, 6) is 0.213. The van der Waals surface area contributed by atoms with Crippen LogP contribution in [0.2, 0.25) is 0 Å². The van der Waals surface area contributed by atoms with E-state index in [2.05, 4.69) is 24.0 Å². The van der Waals surface area contributed by atoms with Gasteiger partial charge in [0.1, 0.15) is 6.42 Å². The average molecular weight is 196 g/mol. The Balaban J connectivity index is 2.08. The fourth-order valence-corrected chi connectivity index (χ4v) is 1.52. The summed E-state index contributed by atoms with van der Waals surface area (Å²) < 4.78 is 4.83. The van der Waals surface area contributed by atoms with Gasteiger partial charge in [-0.1, -0.05) is 19.0 Å². The molecule has 14 heavy (non-hydrogen) atoms. The molecule has 0 aliphatic heterocycles. The SMILES string of the molecule is CC1(C)CC1c1noc(CC(=O)O)n1. The summed E-state index contributed by atoms with van der Waals surface area (Å²) in [7, 11) is 0. The maximum atomic E-state index is 10.4. The van der Waals surface area contributed by atoms with E-state index in [1.54, 1.807) is 0 Å². The first-order valence-corrected chi connectivity index (χ1v) is 4.53. The van der Waals surface area contributed by atoms with Gasteiger partial charge >= 0.3 is 5.97 Å². The highest BCUT2D eigenvalue weighted by Crippen LogP contribution is 2.57. The highest BCUT2D eigenvalue weighted by atomic mass is 16.5. The molecule has 1 unspecified atom stereocenters. The van der Waals surface area contributed by atoms with Gasteiger partial charge in [-0.2, -0.15) is 4.98 Å². The van der Waals surface area contributed by atoms with Crippen LogP contribution in [0.1, 0.15) is 37.9 Å². The van der Waals surface area contributed by atoms with E-state index < -0.39 is 5.97 Å².